The molecule has 2 N–H and O–H groups in total. The molecule has 0 unspecified atom stereocenters. The number of carbonyl (C=O) groups excluding carboxylic acids is 6. The highest BCUT2D eigenvalue weighted by atomic mass is 16.5. The van der Waals surface area contributed by atoms with Gasteiger partial charge in [0.1, 0.15) is 23.0 Å². The van der Waals surface area contributed by atoms with Crippen LogP contribution in [0.2, 0.25) is 0 Å². The van der Waals surface area contributed by atoms with Gasteiger partial charge in [-0.25, -0.2) is 9.59 Å². The molecule has 12 heteroatoms. The molecule has 0 heterocycles. The molecule has 0 spiro atoms. The highest BCUT2D eigenvalue weighted by molar-refractivity contribution is 6.06. The van der Waals surface area contributed by atoms with Gasteiger partial charge in [0.15, 0.2) is 0 Å². The van der Waals surface area contributed by atoms with E-state index in [9.17, 15) is 28.8 Å². The zero-order valence-electron chi connectivity index (χ0n) is 30.6. The van der Waals surface area contributed by atoms with Crippen molar-refractivity contribution in [3.8, 4) is 34.1 Å². The first-order valence-corrected chi connectivity index (χ1v) is 17.5. The lowest BCUT2D eigenvalue weighted by Crippen LogP contribution is -2.15. The number of benzene rings is 6. The van der Waals surface area contributed by atoms with Crippen LogP contribution in [0, 0.1) is 0 Å². The molecule has 0 aromatic heterocycles. The summed E-state index contributed by atoms with van der Waals surface area (Å²) in [5.41, 5.74) is 3.93. The van der Waals surface area contributed by atoms with Crippen molar-refractivity contribution >= 4 is 47.1 Å². The van der Waals surface area contributed by atoms with Crippen molar-refractivity contribution in [2.24, 2.45) is 0 Å². The third-order valence-electron chi connectivity index (χ3n) is 8.12. The van der Waals surface area contributed by atoms with Crippen LogP contribution in [-0.2, 0) is 20.8 Å². The lowest BCUT2D eigenvalue weighted by Gasteiger charge is -2.10. The quantitative estimate of drug-likeness (QED) is 0.0921. The third kappa shape index (κ3) is 11.1. The standard InChI is InChI=1S/C45H34N2O10/c1-28(48)54-38-17-9-31(10-18-38)32-11-19-40(20-12-32)56-44(52)34-7-3-5-30(25-34)26-42(50)46-36-13-23-41(24-14-36)57-45(53)35-8-4-6-33(27-35)43(51)47-37-15-21-39(22-16-37)55-29(2)49/h3-25,27H,26H2,1-2H3,(H,46,50)(H,47,51). The molecule has 6 rings (SSSR count). The van der Waals surface area contributed by atoms with Crippen molar-refractivity contribution < 1.29 is 47.7 Å². The minimum absolute atomic E-state index is 0.0215. The molecular formula is C45H34N2O10. The number of ether oxygens (including phenoxy) is 4. The summed E-state index contributed by atoms with van der Waals surface area (Å²) < 4.78 is 21.1. The lowest BCUT2D eigenvalue weighted by atomic mass is 10.1. The van der Waals surface area contributed by atoms with Gasteiger partial charge < -0.3 is 29.6 Å². The largest absolute Gasteiger partial charge is 0.427 e. The second-order valence-corrected chi connectivity index (χ2v) is 12.5. The summed E-state index contributed by atoms with van der Waals surface area (Å²) in [6.07, 6.45) is -0.0215. The Hall–Kier alpha value is -7.86. The summed E-state index contributed by atoms with van der Waals surface area (Å²) in [7, 11) is 0. The number of anilines is 2. The van der Waals surface area contributed by atoms with Crippen LogP contribution in [0.4, 0.5) is 11.4 Å². The van der Waals surface area contributed by atoms with Crippen LogP contribution in [0.3, 0.4) is 0 Å². The van der Waals surface area contributed by atoms with E-state index < -0.39 is 29.8 Å². The summed E-state index contributed by atoms with van der Waals surface area (Å²) in [5, 5.41) is 5.51. The first kappa shape index (κ1) is 38.9. The van der Waals surface area contributed by atoms with Crippen molar-refractivity contribution in [1.29, 1.82) is 0 Å². The molecule has 284 valence electrons. The Kier molecular flexibility index (Phi) is 12.3. The summed E-state index contributed by atoms with van der Waals surface area (Å²) >= 11 is 0. The summed E-state index contributed by atoms with van der Waals surface area (Å²) in [5.74, 6) is -1.57. The molecule has 2 amide bonds. The lowest BCUT2D eigenvalue weighted by molar-refractivity contribution is -0.132. The highest BCUT2D eigenvalue weighted by Crippen LogP contribution is 2.26. The summed E-state index contributed by atoms with van der Waals surface area (Å²) in [6, 6.07) is 39.1. The second kappa shape index (κ2) is 18.0. The maximum atomic E-state index is 12.9. The van der Waals surface area contributed by atoms with E-state index in [2.05, 4.69) is 10.6 Å². The van der Waals surface area contributed by atoms with Gasteiger partial charge in [0, 0.05) is 30.8 Å². The first-order chi connectivity index (χ1) is 27.5. The van der Waals surface area contributed by atoms with Crippen molar-refractivity contribution in [1.82, 2.24) is 0 Å². The van der Waals surface area contributed by atoms with Crippen LogP contribution in [0.25, 0.3) is 11.1 Å². The number of rotatable bonds is 12. The van der Waals surface area contributed by atoms with Crippen LogP contribution < -0.4 is 29.6 Å². The SMILES string of the molecule is CC(=O)Oc1ccc(NC(=O)c2cccc(C(=O)Oc3ccc(NC(=O)Cc4cccc(C(=O)Oc5ccc(-c6ccc(OC(C)=O)cc6)cc5)c4)cc3)c2)cc1. The van der Waals surface area contributed by atoms with E-state index in [1.54, 1.807) is 97.1 Å². The molecule has 6 aromatic rings. The van der Waals surface area contributed by atoms with Crippen LogP contribution in [0.15, 0.2) is 146 Å². The van der Waals surface area contributed by atoms with Gasteiger partial charge in [-0.15, -0.1) is 0 Å². The number of hydrogen-bond donors (Lipinski definition) is 2. The van der Waals surface area contributed by atoms with Gasteiger partial charge in [-0.1, -0.05) is 42.5 Å². The Morgan fingerprint density at radius 3 is 1.33 bits per heavy atom. The average Bonchev–Trinajstić information content (AvgIpc) is 3.19. The molecule has 12 nitrogen and oxygen atoms in total. The van der Waals surface area contributed by atoms with Crippen LogP contribution in [0.1, 0.15) is 50.5 Å². The van der Waals surface area contributed by atoms with Crippen molar-refractivity contribution in [2.45, 2.75) is 20.3 Å². The maximum absolute atomic E-state index is 12.9. The minimum Gasteiger partial charge on any atom is -0.427 e. The fraction of sp³-hybridized carbons (Fsp3) is 0.0667. The second-order valence-electron chi connectivity index (χ2n) is 12.5. The summed E-state index contributed by atoms with van der Waals surface area (Å²) in [6.45, 7) is 2.63. The van der Waals surface area contributed by atoms with E-state index in [1.165, 1.54) is 38.1 Å². The fourth-order valence-electron chi connectivity index (χ4n) is 5.50. The van der Waals surface area contributed by atoms with Crippen LogP contribution in [-0.4, -0.2) is 35.7 Å². The van der Waals surface area contributed by atoms with E-state index >= 15 is 0 Å². The summed E-state index contributed by atoms with van der Waals surface area (Å²) in [4.78, 5) is 73.8. The maximum Gasteiger partial charge on any atom is 0.343 e. The molecule has 0 atom stereocenters. The topological polar surface area (TPSA) is 163 Å². The molecule has 0 saturated heterocycles. The molecular weight excluding hydrogens is 728 g/mol. The van der Waals surface area contributed by atoms with Crippen LogP contribution >= 0.6 is 0 Å². The Bertz CT molecular complexity index is 2440. The molecule has 6 aromatic carbocycles. The molecule has 0 bridgehead atoms. The zero-order chi connectivity index (χ0) is 40.3. The van der Waals surface area contributed by atoms with Gasteiger partial charge in [-0.05, 0) is 120 Å². The van der Waals surface area contributed by atoms with E-state index in [0.717, 1.165) is 11.1 Å². The molecule has 0 aliphatic heterocycles. The monoisotopic (exact) mass is 762 g/mol. The normalized spacial score (nSPS) is 10.4. The van der Waals surface area contributed by atoms with Crippen molar-refractivity contribution in [3.05, 3.63) is 168 Å². The average molecular weight is 763 g/mol. The van der Waals surface area contributed by atoms with Gasteiger partial charge in [0.05, 0.1) is 17.5 Å². The smallest absolute Gasteiger partial charge is 0.343 e. The predicted molar refractivity (Wildman–Crippen MR) is 210 cm³/mol. The van der Waals surface area contributed by atoms with E-state index in [-0.39, 0.29) is 34.8 Å². The van der Waals surface area contributed by atoms with E-state index in [4.69, 9.17) is 18.9 Å². The van der Waals surface area contributed by atoms with Gasteiger partial charge in [0.2, 0.25) is 5.91 Å². The van der Waals surface area contributed by atoms with Gasteiger partial charge >= 0.3 is 23.9 Å². The minimum atomic E-state index is -0.688. The number of hydrogen-bond acceptors (Lipinski definition) is 10. The zero-order valence-corrected chi connectivity index (χ0v) is 30.6. The van der Waals surface area contributed by atoms with E-state index in [1.807, 2.05) is 24.3 Å². The predicted octanol–water partition coefficient (Wildman–Crippen LogP) is 8.08. The highest BCUT2D eigenvalue weighted by Gasteiger charge is 2.15. The Morgan fingerprint density at radius 1 is 0.439 bits per heavy atom. The van der Waals surface area contributed by atoms with Gasteiger partial charge in [-0.3, -0.25) is 19.2 Å². The molecule has 0 fully saturated rings. The van der Waals surface area contributed by atoms with Crippen LogP contribution in [0.5, 0.6) is 23.0 Å². The van der Waals surface area contributed by atoms with E-state index in [0.29, 0.717) is 34.2 Å². The molecule has 0 radical (unpaired) electrons. The number of esters is 4. The fourth-order valence-corrected chi connectivity index (χ4v) is 5.50. The van der Waals surface area contributed by atoms with Crippen molar-refractivity contribution in [2.75, 3.05) is 10.6 Å². The number of nitrogens with one attached hydrogen (secondary N) is 2. The number of amides is 2. The van der Waals surface area contributed by atoms with Gasteiger partial charge in [-0.2, -0.15) is 0 Å². The van der Waals surface area contributed by atoms with Crippen molar-refractivity contribution in [3.63, 3.8) is 0 Å². The van der Waals surface area contributed by atoms with Gasteiger partial charge in [0.25, 0.3) is 5.91 Å². The molecule has 0 saturated carbocycles. The third-order valence-corrected chi connectivity index (χ3v) is 8.12. The Labute approximate surface area is 327 Å². The Balaban J connectivity index is 0.981. The Morgan fingerprint density at radius 2 is 0.842 bits per heavy atom. The number of carbonyl (C=O) groups is 6. The molecule has 0 aliphatic rings. The first-order valence-electron chi connectivity index (χ1n) is 17.5. The molecule has 0 aliphatic carbocycles. The molecule has 57 heavy (non-hydrogen) atoms.